The molecule has 0 spiro atoms. The predicted molar refractivity (Wildman–Crippen MR) is 130 cm³/mol. The van der Waals surface area contributed by atoms with Crippen molar-refractivity contribution < 1.29 is 14.0 Å². The van der Waals surface area contributed by atoms with Gasteiger partial charge in [0.15, 0.2) is 5.82 Å². The maximum Gasteiger partial charge on any atom is 0.259 e. The Hall–Kier alpha value is -4.20. The first-order valence-corrected chi connectivity index (χ1v) is 11.7. The van der Waals surface area contributed by atoms with Gasteiger partial charge in [-0.1, -0.05) is 30.3 Å². The minimum Gasteiger partial charge on any atom is -0.352 e. The van der Waals surface area contributed by atoms with Crippen LogP contribution in [-0.2, 0) is 11.3 Å². The van der Waals surface area contributed by atoms with Gasteiger partial charge in [-0.2, -0.15) is 5.10 Å². The number of benzene rings is 2. The molecule has 8 heteroatoms. The molecule has 1 aliphatic heterocycles. The van der Waals surface area contributed by atoms with E-state index in [1.807, 2.05) is 59.4 Å². The number of aromatic nitrogens is 3. The maximum absolute atomic E-state index is 13.6. The summed E-state index contributed by atoms with van der Waals surface area (Å²) in [5, 5.41) is 7.46. The molecule has 1 aliphatic rings. The van der Waals surface area contributed by atoms with Crippen LogP contribution in [0.5, 0.6) is 0 Å². The van der Waals surface area contributed by atoms with E-state index in [1.165, 1.54) is 12.1 Å². The zero-order chi connectivity index (χ0) is 24.2. The molecular formula is C27H26FN5O2. The van der Waals surface area contributed by atoms with Gasteiger partial charge in [0.1, 0.15) is 11.4 Å². The minimum absolute atomic E-state index is 0.0426. The summed E-state index contributed by atoms with van der Waals surface area (Å²) in [6.45, 7) is 1.40. The third kappa shape index (κ3) is 4.87. The van der Waals surface area contributed by atoms with Gasteiger partial charge in [0, 0.05) is 32.0 Å². The number of nitrogens with zero attached hydrogens (tertiary/aromatic N) is 4. The fourth-order valence-corrected chi connectivity index (χ4v) is 4.46. The second-order valence-electron chi connectivity index (χ2n) is 8.65. The largest absolute Gasteiger partial charge is 0.352 e. The summed E-state index contributed by atoms with van der Waals surface area (Å²) >= 11 is 0. The van der Waals surface area contributed by atoms with Gasteiger partial charge in [-0.05, 0) is 54.8 Å². The smallest absolute Gasteiger partial charge is 0.259 e. The fraction of sp³-hybridized carbons (Fsp3) is 0.222. The van der Waals surface area contributed by atoms with Crippen molar-refractivity contribution in [1.82, 2.24) is 24.6 Å². The van der Waals surface area contributed by atoms with E-state index in [4.69, 9.17) is 0 Å². The highest BCUT2D eigenvalue weighted by molar-refractivity contribution is 5.97. The summed E-state index contributed by atoms with van der Waals surface area (Å²) in [6.07, 6.45) is 6.71. The molecule has 0 aliphatic carbocycles. The summed E-state index contributed by atoms with van der Waals surface area (Å²) in [4.78, 5) is 28.2. The van der Waals surface area contributed by atoms with Crippen LogP contribution in [0.1, 0.15) is 28.8 Å². The number of amides is 2. The van der Waals surface area contributed by atoms with E-state index in [2.05, 4.69) is 10.4 Å². The number of hydrogen-bond acceptors (Lipinski definition) is 3. The third-order valence-electron chi connectivity index (χ3n) is 6.28. The Balaban J connectivity index is 1.36. The first kappa shape index (κ1) is 22.6. The van der Waals surface area contributed by atoms with Crippen molar-refractivity contribution in [2.45, 2.75) is 19.4 Å². The Kier molecular flexibility index (Phi) is 6.43. The van der Waals surface area contributed by atoms with Gasteiger partial charge in [0.25, 0.3) is 5.91 Å². The van der Waals surface area contributed by atoms with Crippen LogP contribution >= 0.6 is 0 Å². The van der Waals surface area contributed by atoms with Gasteiger partial charge in [-0.15, -0.1) is 0 Å². The highest BCUT2D eigenvalue weighted by Crippen LogP contribution is 2.24. The number of likely N-dealkylation sites (tertiary alicyclic amines) is 1. The van der Waals surface area contributed by atoms with Crippen LogP contribution in [0, 0.1) is 11.7 Å². The molecule has 2 aromatic heterocycles. The van der Waals surface area contributed by atoms with Gasteiger partial charge < -0.3 is 14.8 Å². The molecule has 5 rings (SSSR count). The molecule has 1 fully saturated rings. The average Bonchev–Trinajstić information content (AvgIpc) is 3.58. The van der Waals surface area contributed by atoms with Crippen LogP contribution in [0.4, 0.5) is 4.39 Å². The number of hydrogen-bond donors (Lipinski definition) is 1. The predicted octanol–water partition coefficient (Wildman–Crippen LogP) is 3.97. The Morgan fingerprint density at radius 1 is 1.00 bits per heavy atom. The molecule has 0 bridgehead atoms. The van der Waals surface area contributed by atoms with Gasteiger partial charge in [0.05, 0.1) is 17.8 Å². The van der Waals surface area contributed by atoms with Crippen molar-refractivity contribution in [3.63, 3.8) is 0 Å². The van der Waals surface area contributed by atoms with Gasteiger partial charge in [-0.25, -0.2) is 9.07 Å². The van der Waals surface area contributed by atoms with Crippen LogP contribution in [0.25, 0.3) is 11.5 Å². The Morgan fingerprint density at radius 3 is 2.49 bits per heavy atom. The summed E-state index contributed by atoms with van der Waals surface area (Å²) < 4.78 is 16.9. The van der Waals surface area contributed by atoms with Crippen molar-refractivity contribution in [2.75, 3.05) is 13.1 Å². The lowest BCUT2D eigenvalue weighted by Crippen LogP contribution is -2.45. The standard InChI is InChI=1S/C27H26FN5O2/c28-22-10-12-23(13-11-22)33-26(31-14-4-5-15-31)24(18-30-33)27(35)32-16-6-9-21(19-32)25(34)29-17-20-7-2-1-3-8-20/h1-5,7-8,10-15,18,21H,6,9,16-17,19H2,(H,29,34)/t21-/m1/s1. The first-order valence-electron chi connectivity index (χ1n) is 11.7. The lowest BCUT2D eigenvalue weighted by Gasteiger charge is -2.32. The zero-order valence-corrected chi connectivity index (χ0v) is 19.2. The second-order valence-corrected chi connectivity index (χ2v) is 8.65. The van der Waals surface area contributed by atoms with Crippen LogP contribution in [-0.4, -0.2) is 44.2 Å². The average molecular weight is 472 g/mol. The van der Waals surface area contributed by atoms with E-state index in [9.17, 15) is 14.0 Å². The first-order chi connectivity index (χ1) is 17.1. The van der Waals surface area contributed by atoms with E-state index in [1.54, 1.807) is 27.9 Å². The molecule has 35 heavy (non-hydrogen) atoms. The van der Waals surface area contributed by atoms with Gasteiger partial charge in [0.2, 0.25) is 5.91 Å². The Bertz CT molecular complexity index is 1300. The molecule has 178 valence electrons. The molecule has 1 N–H and O–H groups in total. The lowest BCUT2D eigenvalue weighted by atomic mass is 9.96. The second kappa shape index (κ2) is 9.97. The SMILES string of the molecule is O=C(NCc1ccccc1)[C@@H]1CCCN(C(=O)c2cnn(-c3ccc(F)cc3)c2-n2cccc2)C1. The number of nitrogens with one attached hydrogen (secondary N) is 1. The summed E-state index contributed by atoms with van der Waals surface area (Å²) in [6, 6.07) is 19.5. The molecule has 7 nitrogen and oxygen atoms in total. The minimum atomic E-state index is -0.343. The van der Waals surface area contributed by atoms with Crippen LogP contribution < -0.4 is 5.32 Å². The maximum atomic E-state index is 13.6. The number of carbonyl (C=O) groups excluding carboxylic acids is 2. The van der Waals surface area contributed by atoms with E-state index < -0.39 is 0 Å². The number of carbonyl (C=O) groups is 2. The number of piperidine rings is 1. The van der Waals surface area contributed by atoms with Crippen molar-refractivity contribution in [1.29, 1.82) is 0 Å². The summed E-state index contributed by atoms with van der Waals surface area (Å²) in [7, 11) is 0. The molecule has 4 aromatic rings. The molecule has 0 radical (unpaired) electrons. The highest BCUT2D eigenvalue weighted by Gasteiger charge is 2.31. The highest BCUT2D eigenvalue weighted by atomic mass is 19.1. The van der Waals surface area contributed by atoms with Crippen molar-refractivity contribution in [3.05, 3.63) is 102 Å². The summed E-state index contributed by atoms with van der Waals surface area (Å²) in [5.74, 6) is -0.257. The quantitative estimate of drug-likeness (QED) is 0.463. The number of halogens is 1. The topological polar surface area (TPSA) is 72.2 Å². The van der Waals surface area contributed by atoms with Crippen LogP contribution in [0.15, 0.2) is 85.3 Å². The van der Waals surface area contributed by atoms with Crippen molar-refractivity contribution in [2.24, 2.45) is 5.92 Å². The number of rotatable bonds is 6. The van der Waals surface area contributed by atoms with Gasteiger partial charge in [-0.3, -0.25) is 9.59 Å². The van der Waals surface area contributed by atoms with E-state index >= 15 is 0 Å². The Morgan fingerprint density at radius 2 is 1.74 bits per heavy atom. The molecule has 3 heterocycles. The van der Waals surface area contributed by atoms with Gasteiger partial charge >= 0.3 is 0 Å². The van der Waals surface area contributed by atoms with Crippen LogP contribution in [0.3, 0.4) is 0 Å². The zero-order valence-electron chi connectivity index (χ0n) is 19.2. The lowest BCUT2D eigenvalue weighted by molar-refractivity contribution is -0.126. The molecule has 1 saturated heterocycles. The van der Waals surface area contributed by atoms with E-state index in [0.717, 1.165) is 18.4 Å². The molecular weight excluding hydrogens is 445 g/mol. The third-order valence-corrected chi connectivity index (χ3v) is 6.28. The molecule has 0 saturated carbocycles. The summed E-state index contributed by atoms with van der Waals surface area (Å²) in [5.41, 5.74) is 2.11. The molecule has 0 unspecified atom stereocenters. The van der Waals surface area contributed by atoms with Crippen LogP contribution in [0.2, 0.25) is 0 Å². The van der Waals surface area contributed by atoms with Crippen molar-refractivity contribution in [3.8, 4) is 11.5 Å². The normalized spacial score (nSPS) is 15.7. The molecule has 2 aromatic carbocycles. The molecule has 2 amide bonds. The van der Waals surface area contributed by atoms with Crippen molar-refractivity contribution >= 4 is 11.8 Å². The van der Waals surface area contributed by atoms with E-state index in [-0.39, 0.29) is 23.5 Å². The monoisotopic (exact) mass is 471 g/mol. The Labute approximate surface area is 202 Å². The molecule has 1 atom stereocenters. The van der Waals surface area contributed by atoms with E-state index in [0.29, 0.717) is 36.7 Å². The fourth-order valence-electron chi connectivity index (χ4n) is 4.46.